The molecule has 1 rings (SSSR count). The molecule has 0 radical (unpaired) electrons. The van der Waals surface area contributed by atoms with Crippen molar-refractivity contribution in [3.63, 3.8) is 0 Å². The second-order valence-electron chi connectivity index (χ2n) is 3.43. The van der Waals surface area contributed by atoms with Gasteiger partial charge in [-0.1, -0.05) is 0 Å². The van der Waals surface area contributed by atoms with Crippen LogP contribution in [0, 0.1) is 6.92 Å². The van der Waals surface area contributed by atoms with E-state index in [-0.39, 0.29) is 6.61 Å². The molecule has 0 bridgehead atoms. The van der Waals surface area contributed by atoms with Crippen LogP contribution in [0.2, 0.25) is 0 Å². The van der Waals surface area contributed by atoms with Crippen LogP contribution in [0.15, 0.2) is 12.1 Å². The first-order chi connectivity index (χ1) is 7.52. The highest BCUT2D eigenvalue weighted by Crippen LogP contribution is 2.14. The Labute approximate surface area is 94.0 Å². The number of aryl methyl sites for hydroxylation is 1. The summed E-state index contributed by atoms with van der Waals surface area (Å²) in [6.07, 6.45) is -0.840. The van der Waals surface area contributed by atoms with E-state index in [0.29, 0.717) is 11.4 Å². The van der Waals surface area contributed by atoms with Crippen molar-refractivity contribution in [3.8, 4) is 5.75 Å². The third kappa shape index (κ3) is 3.51. The maximum atomic E-state index is 10.5. The predicted octanol–water partition coefficient (Wildman–Crippen LogP) is 1.39. The molecule has 1 aromatic heterocycles. The number of carbonyl (C=O) groups is 1. The summed E-state index contributed by atoms with van der Waals surface area (Å²) < 4.78 is 10.2. The van der Waals surface area contributed by atoms with Crippen molar-refractivity contribution < 1.29 is 19.4 Å². The lowest BCUT2D eigenvalue weighted by Crippen LogP contribution is -2.19. The van der Waals surface area contributed by atoms with Gasteiger partial charge in [0, 0.05) is 17.8 Å². The second-order valence-corrected chi connectivity index (χ2v) is 3.43. The monoisotopic (exact) mass is 225 g/mol. The fourth-order valence-electron chi connectivity index (χ4n) is 1.18. The zero-order valence-electron chi connectivity index (χ0n) is 9.56. The summed E-state index contributed by atoms with van der Waals surface area (Å²) in [5.41, 5.74) is 1.46. The van der Waals surface area contributed by atoms with Gasteiger partial charge in [-0.2, -0.15) is 0 Å². The van der Waals surface area contributed by atoms with Crippen LogP contribution in [-0.2, 0) is 16.1 Å². The van der Waals surface area contributed by atoms with Crippen LogP contribution in [0.5, 0.6) is 5.75 Å². The van der Waals surface area contributed by atoms with E-state index in [1.807, 2.05) is 6.92 Å². The number of methoxy groups -OCH3 is 1. The smallest absolute Gasteiger partial charge is 0.332 e. The van der Waals surface area contributed by atoms with Gasteiger partial charge in [-0.05, 0) is 13.8 Å². The number of nitrogens with zero attached hydrogens (tertiary/aromatic N) is 1. The summed E-state index contributed by atoms with van der Waals surface area (Å²) >= 11 is 0. The largest absolute Gasteiger partial charge is 0.497 e. The highest BCUT2D eigenvalue weighted by atomic mass is 16.5. The Morgan fingerprint density at radius 1 is 1.56 bits per heavy atom. The van der Waals surface area contributed by atoms with Crippen LogP contribution in [-0.4, -0.2) is 29.3 Å². The molecule has 5 nitrogen and oxygen atoms in total. The number of carboxylic acid groups (broad SMARTS) is 1. The molecule has 1 N–H and O–H groups in total. The second kappa shape index (κ2) is 5.46. The Bertz CT molecular complexity index is 378. The Balaban J connectivity index is 2.66. The summed E-state index contributed by atoms with van der Waals surface area (Å²) in [6.45, 7) is 3.48. The quantitative estimate of drug-likeness (QED) is 0.820. The van der Waals surface area contributed by atoms with Gasteiger partial charge in [0.05, 0.1) is 19.4 Å². The van der Waals surface area contributed by atoms with E-state index in [4.69, 9.17) is 14.6 Å². The molecular formula is C11H15NO4. The predicted molar refractivity (Wildman–Crippen MR) is 57.4 cm³/mol. The number of hydrogen-bond acceptors (Lipinski definition) is 4. The third-order valence-corrected chi connectivity index (χ3v) is 2.04. The van der Waals surface area contributed by atoms with Gasteiger partial charge in [-0.3, -0.25) is 4.98 Å². The van der Waals surface area contributed by atoms with Crippen LogP contribution in [0.3, 0.4) is 0 Å². The summed E-state index contributed by atoms with van der Waals surface area (Å²) in [7, 11) is 1.57. The molecular weight excluding hydrogens is 210 g/mol. The fourth-order valence-corrected chi connectivity index (χ4v) is 1.18. The highest BCUT2D eigenvalue weighted by molar-refractivity contribution is 5.71. The van der Waals surface area contributed by atoms with Crippen LogP contribution in [0.25, 0.3) is 0 Å². The van der Waals surface area contributed by atoms with Crippen molar-refractivity contribution >= 4 is 5.97 Å². The standard InChI is InChI=1S/C11H15NO4/c1-7-4-10(15-3)5-9(12-7)6-16-8(2)11(13)14/h4-5,8H,6H2,1-3H3,(H,13,14)/t8-/m1/s1. The minimum atomic E-state index is -0.986. The Kier molecular flexibility index (Phi) is 4.25. The Morgan fingerprint density at radius 2 is 2.25 bits per heavy atom. The summed E-state index contributed by atoms with van der Waals surface area (Å²) in [5.74, 6) is -0.298. The topological polar surface area (TPSA) is 68.7 Å². The minimum Gasteiger partial charge on any atom is -0.497 e. The number of aromatic nitrogens is 1. The zero-order valence-corrected chi connectivity index (χ0v) is 9.56. The molecule has 0 amide bonds. The lowest BCUT2D eigenvalue weighted by atomic mass is 10.3. The van der Waals surface area contributed by atoms with E-state index in [2.05, 4.69) is 4.98 Å². The van der Waals surface area contributed by atoms with E-state index in [0.717, 1.165) is 5.69 Å². The first-order valence-corrected chi connectivity index (χ1v) is 4.89. The third-order valence-electron chi connectivity index (χ3n) is 2.04. The SMILES string of the molecule is COc1cc(C)nc(CO[C@H](C)C(=O)O)c1. The average Bonchev–Trinajstić information content (AvgIpc) is 2.24. The summed E-state index contributed by atoms with van der Waals surface area (Å²) in [6, 6.07) is 3.52. The van der Waals surface area contributed by atoms with Gasteiger partial charge in [0.1, 0.15) is 5.75 Å². The molecule has 0 unspecified atom stereocenters. The van der Waals surface area contributed by atoms with Crippen LogP contribution >= 0.6 is 0 Å². The fraction of sp³-hybridized carbons (Fsp3) is 0.455. The highest BCUT2D eigenvalue weighted by Gasteiger charge is 2.11. The van der Waals surface area contributed by atoms with Crippen molar-refractivity contribution in [1.82, 2.24) is 4.98 Å². The molecule has 1 atom stereocenters. The van der Waals surface area contributed by atoms with Gasteiger partial charge in [0.15, 0.2) is 6.10 Å². The molecule has 1 aromatic rings. The molecule has 0 saturated carbocycles. The molecule has 0 saturated heterocycles. The van der Waals surface area contributed by atoms with E-state index >= 15 is 0 Å². The number of aliphatic carboxylic acids is 1. The molecule has 0 spiro atoms. The number of pyridine rings is 1. The molecule has 5 heteroatoms. The maximum Gasteiger partial charge on any atom is 0.332 e. The van der Waals surface area contributed by atoms with Gasteiger partial charge in [0.2, 0.25) is 0 Å². The van der Waals surface area contributed by atoms with Gasteiger partial charge in [0.25, 0.3) is 0 Å². The van der Waals surface area contributed by atoms with Crippen molar-refractivity contribution in [2.75, 3.05) is 7.11 Å². The number of rotatable bonds is 5. The van der Waals surface area contributed by atoms with Gasteiger partial charge in [-0.15, -0.1) is 0 Å². The lowest BCUT2D eigenvalue weighted by Gasteiger charge is -2.09. The van der Waals surface area contributed by atoms with E-state index in [1.165, 1.54) is 6.92 Å². The van der Waals surface area contributed by atoms with Crippen molar-refractivity contribution in [2.24, 2.45) is 0 Å². The van der Waals surface area contributed by atoms with Crippen LogP contribution in [0.4, 0.5) is 0 Å². The maximum absolute atomic E-state index is 10.5. The van der Waals surface area contributed by atoms with Crippen molar-refractivity contribution in [3.05, 3.63) is 23.5 Å². The lowest BCUT2D eigenvalue weighted by molar-refractivity contribution is -0.149. The number of ether oxygens (including phenoxy) is 2. The molecule has 0 aliphatic carbocycles. The normalized spacial score (nSPS) is 12.2. The van der Waals surface area contributed by atoms with Gasteiger partial charge >= 0.3 is 5.97 Å². The Morgan fingerprint density at radius 3 is 2.81 bits per heavy atom. The van der Waals surface area contributed by atoms with E-state index in [9.17, 15) is 4.79 Å². The molecule has 16 heavy (non-hydrogen) atoms. The van der Waals surface area contributed by atoms with E-state index < -0.39 is 12.1 Å². The van der Waals surface area contributed by atoms with Gasteiger partial charge in [-0.25, -0.2) is 4.79 Å². The van der Waals surface area contributed by atoms with Crippen molar-refractivity contribution in [2.45, 2.75) is 26.6 Å². The molecule has 88 valence electrons. The molecule has 0 aliphatic rings. The Hall–Kier alpha value is -1.62. The van der Waals surface area contributed by atoms with E-state index in [1.54, 1.807) is 19.2 Å². The molecule has 0 aliphatic heterocycles. The van der Waals surface area contributed by atoms with Gasteiger partial charge < -0.3 is 14.6 Å². The number of hydrogen-bond donors (Lipinski definition) is 1. The number of carboxylic acids is 1. The first kappa shape index (κ1) is 12.4. The molecule has 1 heterocycles. The molecule has 0 aromatic carbocycles. The summed E-state index contributed by atoms with van der Waals surface area (Å²) in [4.78, 5) is 14.8. The zero-order chi connectivity index (χ0) is 12.1. The molecule has 0 fully saturated rings. The minimum absolute atomic E-state index is 0.158. The van der Waals surface area contributed by atoms with Crippen molar-refractivity contribution in [1.29, 1.82) is 0 Å². The summed E-state index contributed by atoms with van der Waals surface area (Å²) in [5, 5.41) is 8.65. The van der Waals surface area contributed by atoms with Crippen LogP contribution in [0.1, 0.15) is 18.3 Å². The average molecular weight is 225 g/mol. The van der Waals surface area contributed by atoms with Crippen LogP contribution < -0.4 is 4.74 Å². The first-order valence-electron chi connectivity index (χ1n) is 4.89.